The number of nitrogens with one attached hydrogen (secondary N) is 1. The van der Waals surface area contributed by atoms with Crippen LogP contribution in [0.15, 0.2) is 11.6 Å². The zero-order valence-electron chi connectivity index (χ0n) is 21.4. The highest BCUT2D eigenvalue weighted by molar-refractivity contribution is 5.26. The second-order valence-electron chi connectivity index (χ2n) is 12.9. The first-order valence-electron chi connectivity index (χ1n) is 13.8. The lowest BCUT2D eigenvalue weighted by Gasteiger charge is -2.58. The molecular weight excluding hydrogens is 378 g/mol. The highest BCUT2D eigenvalue weighted by Crippen LogP contribution is 2.67. The van der Waals surface area contributed by atoms with Crippen LogP contribution in [0.2, 0.25) is 0 Å². The van der Waals surface area contributed by atoms with E-state index in [9.17, 15) is 5.11 Å². The van der Waals surface area contributed by atoms with E-state index in [2.05, 4.69) is 52.9 Å². The molecule has 9 atom stereocenters. The van der Waals surface area contributed by atoms with Gasteiger partial charge in [0, 0.05) is 6.04 Å². The molecule has 4 aliphatic rings. The Kier molecular flexibility index (Phi) is 7.01. The predicted octanol–water partition coefficient (Wildman–Crippen LogP) is 6.98. The Balaban J connectivity index is 1.57. The maximum absolute atomic E-state index is 10.3. The van der Waals surface area contributed by atoms with Crippen molar-refractivity contribution in [3.05, 3.63) is 11.6 Å². The van der Waals surface area contributed by atoms with Gasteiger partial charge in [-0.05, 0) is 97.8 Å². The SMILES string of the molecule is CCNC1C[C@H]2[C@@H]3CC=C4C[C@@H](O)CC[C@]4(C)[C@H]3CC[C@]2(C)[C@H]1[C@H](C)CCCC(C)C. The van der Waals surface area contributed by atoms with E-state index in [1.807, 2.05) is 0 Å². The minimum absolute atomic E-state index is 0.0922. The van der Waals surface area contributed by atoms with Crippen molar-refractivity contribution in [2.24, 2.45) is 46.3 Å². The monoisotopic (exact) mass is 429 g/mol. The third-order valence-corrected chi connectivity index (χ3v) is 10.7. The van der Waals surface area contributed by atoms with E-state index in [-0.39, 0.29) is 6.10 Å². The number of aliphatic hydroxyl groups is 1. The summed E-state index contributed by atoms with van der Waals surface area (Å²) in [6, 6.07) is 0.708. The van der Waals surface area contributed by atoms with Gasteiger partial charge in [0.05, 0.1) is 6.10 Å². The molecule has 0 aliphatic heterocycles. The summed E-state index contributed by atoms with van der Waals surface area (Å²) in [6.07, 6.45) is 15.3. The van der Waals surface area contributed by atoms with Gasteiger partial charge in [-0.25, -0.2) is 0 Å². The van der Waals surface area contributed by atoms with Crippen LogP contribution < -0.4 is 5.32 Å². The fourth-order valence-corrected chi connectivity index (χ4v) is 9.27. The first kappa shape index (κ1) is 23.8. The summed E-state index contributed by atoms with van der Waals surface area (Å²) in [6.45, 7) is 16.0. The van der Waals surface area contributed by atoms with Crippen molar-refractivity contribution >= 4 is 0 Å². The Morgan fingerprint density at radius 3 is 2.58 bits per heavy atom. The number of aliphatic hydroxyl groups excluding tert-OH is 1. The zero-order valence-corrected chi connectivity index (χ0v) is 21.4. The largest absolute Gasteiger partial charge is 0.393 e. The van der Waals surface area contributed by atoms with Crippen molar-refractivity contribution in [2.45, 2.75) is 118 Å². The minimum atomic E-state index is -0.0922. The van der Waals surface area contributed by atoms with Gasteiger partial charge in [-0.3, -0.25) is 0 Å². The molecule has 0 saturated heterocycles. The lowest BCUT2D eigenvalue weighted by molar-refractivity contribution is -0.0581. The summed E-state index contributed by atoms with van der Waals surface area (Å²) in [7, 11) is 0. The summed E-state index contributed by atoms with van der Waals surface area (Å²) in [4.78, 5) is 0. The maximum Gasteiger partial charge on any atom is 0.0577 e. The highest BCUT2D eigenvalue weighted by atomic mass is 16.3. The number of hydrogen-bond acceptors (Lipinski definition) is 2. The summed E-state index contributed by atoms with van der Waals surface area (Å²) >= 11 is 0. The number of allylic oxidation sites excluding steroid dienone is 1. The van der Waals surface area contributed by atoms with Crippen molar-refractivity contribution < 1.29 is 5.11 Å². The van der Waals surface area contributed by atoms with E-state index in [0.29, 0.717) is 16.9 Å². The second kappa shape index (κ2) is 9.13. The molecule has 1 unspecified atom stereocenters. The van der Waals surface area contributed by atoms with Crippen LogP contribution in [0.1, 0.15) is 106 Å². The second-order valence-corrected chi connectivity index (χ2v) is 12.9. The van der Waals surface area contributed by atoms with Gasteiger partial charge in [-0.2, -0.15) is 0 Å². The molecule has 3 saturated carbocycles. The third-order valence-electron chi connectivity index (χ3n) is 10.7. The Labute approximate surface area is 193 Å². The fraction of sp³-hybridized carbons (Fsp3) is 0.931. The number of rotatable bonds is 7. The molecule has 0 heterocycles. The molecular formula is C29H51NO. The van der Waals surface area contributed by atoms with Crippen LogP contribution in [0.4, 0.5) is 0 Å². The molecule has 0 bridgehead atoms. The van der Waals surface area contributed by atoms with Gasteiger partial charge in [0.25, 0.3) is 0 Å². The summed E-state index contributed by atoms with van der Waals surface area (Å²) in [5.41, 5.74) is 2.47. The van der Waals surface area contributed by atoms with Crippen molar-refractivity contribution in [1.82, 2.24) is 5.32 Å². The van der Waals surface area contributed by atoms with Crippen LogP contribution in [0.25, 0.3) is 0 Å². The van der Waals surface area contributed by atoms with Gasteiger partial charge in [0.15, 0.2) is 0 Å². The molecule has 0 amide bonds. The van der Waals surface area contributed by atoms with E-state index >= 15 is 0 Å². The normalized spacial score (nSPS) is 45.6. The molecule has 0 spiro atoms. The Morgan fingerprint density at radius 1 is 1.10 bits per heavy atom. The van der Waals surface area contributed by atoms with Crippen molar-refractivity contribution in [3.8, 4) is 0 Å². The first-order valence-corrected chi connectivity index (χ1v) is 13.8. The van der Waals surface area contributed by atoms with Crippen LogP contribution in [-0.4, -0.2) is 23.8 Å². The molecule has 0 aromatic carbocycles. The van der Waals surface area contributed by atoms with E-state index < -0.39 is 0 Å². The molecule has 0 aromatic rings. The summed E-state index contributed by atoms with van der Waals surface area (Å²) in [5.74, 6) is 5.06. The van der Waals surface area contributed by atoms with E-state index in [1.165, 1.54) is 51.4 Å². The average Bonchev–Trinajstić information content (AvgIpc) is 3.00. The summed E-state index contributed by atoms with van der Waals surface area (Å²) in [5, 5.41) is 14.3. The predicted molar refractivity (Wildman–Crippen MR) is 132 cm³/mol. The molecule has 0 aromatic heterocycles. The number of hydrogen-bond donors (Lipinski definition) is 2. The molecule has 4 aliphatic carbocycles. The van der Waals surface area contributed by atoms with Gasteiger partial charge >= 0.3 is 0 Å². The van der Waals surface area contributed by atoms with Gasteiger partial charge in [-0.1, -0.05) is 72.5 Å². The number of fused-ring (bicyclic) bond motifs is 5. The van der Waals surface area contributed by atoms with Crippen LogP contribution >= 0.6 is 0 Å². The fourth-order valence-electron chi connectivity index (χ4n) is 9.27. The maximum atomic E-state index is 10.3. The molecule has 3 fully saturated rings. The Morgan fingerprint density at radius 2 is 1.87 bits per heavy atom. The highest BCUT2D eigenvalue weighted by Gasteiger charge is 2.61. The molecule has 2 heteroatoms. The van der Waals surface area contributed by atoms with Crippen molar-refractivity contribution in [1.29, 1.82) is 0 Å². The van der Waals surface area contributed by atoms with Gasteiger partial charge < -0.3 is 10.4 Å². The standard InChI is InChI=1S/C29H51NO/c1-7-30-26-18-25-23-12-11-21-17-22(31)13-15-28(21,5)24(23)14-16-29(25,6)27(26)20(4)10-8-9-19(2)3/h11,19-20,22-27,30-31H,7-10,12-18H2,1-6H3/t20-,22+,23-,24+,25+,26?,27+,28+,29+/m1/s1. The van der Waals surface area contributed by atoms with Crippen LogP contribution in [0.5, 0.6) is 0 Å². The molecule has 4 rings (SSSR count). The molecule has 31 heavy (non-hydrogen) atoms. The van der Waals surface area contributed by atoms with Crippen LogP contribution in [-0.2, 0) is 0 Å². The van der Waals surface area contributed by atoms with Gasteiger partial charge in [0.1, 0.15) is 0 Å². The molecule has 178 valence electrons. The molecule has 2 nitrogen and oxygen atoms in total. The zero-order chi connectivity index (χ0) is 22.4. The summed E-state index contributed by atoms with van der Waals surface area (Å²) < 4.78 is 0. The average molecular weight is 430 g/mol. The van der Waals surface area contributed by atoms with Crippen LogP contribution in [0.3, 0.4) is 0 Å². The van der Waals surface area contributed by atoms with Crippen LogP contribution in [0, 0.1) is 46.3 Å². The topological polar surface area (TPSA) is 32.3 Å². The third kappa shape index (κ3) is 4.18. The lowest BCUT2D eigenvalue weighted by Crippen LogP contribution is -2.51. The van der Waals surface area contributed by atoms with Gasteiger partial charge in [0.2, 0.25) is 0 Å². The molecule has 2 N–H and O–H groups in total. The van der Waals surface area contributed by atoms with E-state index in [1.54, 1.807) is 5.57 Å². The smallest absolute Gasteiger partial charge is 0.0577 e. The van der Waals surface area contributed by atoms with Crippen molar-refractivity contribution in [2.75, 3.05) is 6.54 Å². The van der Waals surface area contributed by atoms with E-state index in [0.717, 1.165) is 54.9 Å². The minimum Gasteiger partial charge on any atom is -0.393 e. The Bertz CT molecular complexity index is 655. The molecule has 0 radical (unpaired) electrons. The lowest BCUT2D eigenvalue weighted by atomic mass is 9.47. The Hall–Kier alpha value is -0.340. The first-order chi connectivity index (χ1) is 14.7. The van der Waals surface area contributed by atoms with E-state index in [4.69, 9.17) is 0 Å². The van der Waals surface area contributed by atoms with Crippen molar-refractivity contribution in [3.63, 3.8) is 0 Å². The van der Waals surface area contributed by atoms with Gasteiger partial charge in [-0.15, -0.1) is 0 Å². The quantitative estimate of drug-likeness (QED) is 0.428.